The van der Waals surface area contributed by atoms with Gasteiger partial charge < -0.3 is 0 Å². The maximum Gasteiger partial charge on any atom is 0.103 e. The highest BCUT2D eigenvalue weighted by molar-refractivity contribution is 8.37. The van der Waals surface area contributed by atoms with Gasteiger partial charge >= 0.3 is 0 Å². The summed E-state index contributed by atoms with van der Waals surface area (Å²) in [4.78, 5) is 0. The lowest BCUT2D eigenvalue weighted by atomic mass is 10.2. The van der Waals surface area contributed by atoms with E-state index in [2.05, 4.69) is 31.9 Å². The van der Waals surface area contributed by atoms with E-state index in [1.807, 2.05) is 6.92 Å². The summed E-state index contributed by atoms with van der Waals surface area (Å²) < 4.78 is 12.2. The van der Waals surface area contributed by atoms with Crippen LogP contribution in [-0.4, -0.2) is 23.9 Å². The Balaban J connectivity index is 4.45. The van der Waals surface area contributed by atoms with Gasteiger partial charge in [-0.05, 0) is 24.2 Å². The molecule has 0 aliphatic heterocycles. The van der Waals surface area contributed by atoms with Crippen LogP contribution < -0.4 is 0 Å². The maximum atomic E-state index is 12.2. The first-order valence-corrected chi connectivity index (χ1v) is 7.12. The van der Waals surface area contributed by atoms with Gasteiger partial charge in [-0.25, -0.2) is 4.39 Å². The van der Waals surface area contributed by atoms with Crippen molar-refractivity contribution in [1.29, 1.82) is 0 Å². The minimum absolute atomic E-state index is 0.0866. The predicted octanol–water partition coefficient (Wildman–Crippen LogP) is 3.42. The molecule has 0 heterocycles. The van der Waals surface area contributed by atoms with Crippen LogP contribution in [0.3, 0.4) is 0 Å². The number of hydrogen-bond donors (Lipinski definition) is 0. The standard InChI is InChI=1S/C11H21FS/c1-5-13(6-2,7-3)9-8-11(4)10-12/h11H,5-7,10H2,1-4H3. The molecule has 13 heavy (non-hydrogen) atoms. The average molecular weight is 204 g/mol. The van der Waals surface area contributed by atoms with Gasteiger partial charge in [-0.15, -0.1) is 0 Å². The van der Waals surface area contributed by atoms with Crippen molar-refractivity contribution in [2.45, 2.75) is 27.7 Å². The summed E-state index contributed by atoms with van der Waals surface area (Å²) in [5.74, 6) is 6.39. The molecular weight excluding hydrogens is 183 g/mol. The molecule has 0 saturated heterocycles. The highest BCUT2D eigenvalue weighted by atomic mass is 32.3. The molecule has 0 spiro atoms. The molecule has 78 valence electrons. The van der Waals surface area contributed by atoms with Crippen LogP contribution in [0.4, 0.5) is 4.39 Å². The molecule has 2 heteroatoms. The van der Waals surface area contributed by atoms with E-state index < -0.39 is 10.0 Å². The fourth-order valence-corrected chi connectivity index (χ4v) is 3.20. The minimum atomic E-state index is -0.743. The summed E-state index contributed by atoms with van der Waals surface area (Å²) >= 11 is 0. The first-order valence-electron chi connectivity index (χ1n) is 4.98. The van der Waals surface area contributed by atoms with Crippen LogP contribution in [0.2, 0.25) is 0 Å². The van der Waals surface area contributed by atoms with E-state index in [9.17, 15) is 4.39 Å². The fraction of sp³-hybridized carbons (Fsp3) is 0.818. The topological polar surface area (TPSA) is 0 Å². The van der Waals surface area contributed by atoms with Crippen LogP contribution in [-0.2, 0) is 0 Å². The van der Waals surface area contributed by atoms with Crippen LogP contribution in [0, 0.1) is 17.1 Å². The zero-order valence-electron chi connectivity index (χ0n) is 9.19. The number of alkyl halides is 1. The van der Waals surface area contributed by atoms with E-state index in [4.69, 9.17) is 0 Å². The largest absolute Gasteiger partial charge is 0.250 e. The normalized spacial score (nSPS) is 14.5. The Kier molecular flexibility index (Phi) is 6.24. The number of halogens is 1. The Hall–Kier alpha value is -0.160. The summed E-state index contributed by atoms with van der Waals surface area (Å²) in [6.07, 6.45) is 0. The molecule has 0 rings (SSSR count). The molecule has 1 atom stereocenters. The highest BCUT2D eigenvalue weighted by Crippen LogP contribution is 2.45. The molecule has 0 fully saturated rings. The van der Waals surface area contributed by atoms with Crippen molar-refractivity contribution in [3.63, 3.8) is 0 Å². The summed E-state index contributed by atoms with van der Waals surface area (Å²) in [7, 11) is -0.743. The summed E-state index contributed by atoms with van der Waals surface area (Å²) in [6.45, 7) is 8.10. The smallest absolute Gasteiger partial charge is 0.103 e. The SMILES string of the molecule is CCS(C#CC(C)CF)(CC)CC. The second kappa shape index (κ2) is 6.32. The lowest BCUT2D eigenvalue weighted by Crippen LogP contribution is -2.06. The zero-order chi connectivity index (χ0) is 10.3. The van der Waals surface area contributed by atoms with Gasteiger partial charge in [-0.2, -0.15) is 10.0 Å². The molecule has 1 unspecified atom stereocenters. The highest BCUT2D eigenvalue weighted by Gasteiger charge is 2.13. The predicted molar refractivity (Wildman–Crippen MR) is 62.1 cm³/mol. The third-order valence-corrected chi connectivity index (χ3v) is 6.28. The Labute approximate surface area is 83.6 Å². The molecule has 0 bridgehead atoms. The third-order valence-electron chi connectivity index (χ3n) is 2.41. The molecule has 0 aliphatic carbocycles. The van der Waals surface area contributed by atoms with Crippen LogP contribution >= 0.6 is 10.0 Å². The molecule has 0 aromatic rings. The van der Waals surface area contributed by atoms with Gasteiger partial charge in [0.25, 0.3) is 0 Å². The molecular formula is C11H21FS. The lowest BCUT2D eigenvalue weighted by molar-refractivity contribution is 0.438. The summed E-state index contributed by atoms with van der Waals surface area (Å²) in [6, 6.07) is 0. The Morgan fingerprint density at radius 1 is 1.15 bits per heavy atom. The molecule has 0 aromatic heterocycles. The van der Waals surface area contributed by atoms with Gasteiger partial charge in [0.05, 0.1) is 0 Å². The lowest BCUT2D eigenvalue weighted by Gasteiger charge is -2.30. The van der Waals surface area contributed by atoms with Gasteiger partial charge in [0.1, 0.15) is 6.67 Å². The van der Waals surface area contributed by atoms with E-state index in [1.165, 1.54) is 0 Å². The molecule has 0 saturated carbocycles. The first-order chi connectivity index (χ1) is 6.14. The van der Waals surface area contributed by atoms with Crippen LogP contribution in [0.25, 0.3) is 0 Å². The quantitative estimate of drug-likeness (QED) is 0.616. The van der Waals surface area contributed by atoms with Crippen LogP contribution in [0.15, 0.2) is 0 Å². The second-order valence-electron chi connectivity index (χ2n) is 3.21. The minimum Gasteiger partial charge on any atom is -0.250 e. The average Bonchev–Trinajstić information content (AvgIpc) is 2.20. The summed E-state index contributed by atoms with van der Waals surface area (Å²) in [5.41, 5.74) is 0. The number of rotatable bonds is 4. The van der Waals surface area contributed by atoms with E-state index in [0.717, 1.165) is 17.3 Å². The Morgan fingerprint density at radius 2 is 1.62 bits per heavy atom. The summed E-state index contributed by atoms with van der Waals surface area (Å²) in [5, 5.41) is 3.33. The molecule has 0 N–H and O–H groups in total. The molecule has 0 aliphatic rings. The van der Waals surface area contributed by atoms with Gasteiger partial charge in [0.15, 0.2) is 0 Å². The van der Waals surface area contributed by atoms with Crippen molar-refractivity contribution in [3.8, 4) is 11.2 Å². The van der Waals surface area contributed by atoms with Crippen molar-refractivity contribution >= 4 is 10.0 Å². The Morgan fingerprint density at radius 3 is 1.92 bits per heavy atom. The van der Waals surface area contributed by atoms with Crippen molar-refractivity contribution in [2.75, 3.05) is 23.9 Å². The second-order valence-corrected chi connectivity index (χ2v) is 7.24. The van der Waals surface area contributed by atoms with Crippen molar-refractivity contribution < 1.29 is 4.39 Å². The fourth-order valence-electron chi connectivity index (χ4n) is 1.09. The van der Waals surface area contributed by atoms with Crippen molar-refractivity contribution in [3.05, 3.63) is 0 Å². The molecule has 0 radical (unpaired) electrons. The van der Waals surface area contributed by atoms with E-state index in [-0.39, 0.29) is 12.6 Å². The van der Waals surface area contributed by atoms with Gasteiger partial charge in [0.2, 0.25) is 0 Å². The molecule has 0 amide bonds. The van der Waals surface area contributed by atoms with E-state index >= 15 is 0 Å². The van der Waals surface area contributed by atoms with Gasteiger partial charge in [-0.3, -0.25) is 0 Å². The van der Waals surface area contributed by atoms with Gasteiger partial charge in [-0.1, -0.05) is 31.9 Å². The van der Waals surface area contributed by atoms with E-state index in [0.29, 0.717) is 0 Å². The van der Waals surface area contributed by atoms with Crippen molar-refractivity contribution in [2.24, 2.45) is 5.92 Å². The number of hydrogen-bond acceptors (Lipinski definition) is 0. The third kappa shape index (κ3) is 4.04. The van der Waals surface area contributed by atoms with Crippen molar-refractivity contribution in [1.82, 2.24) is 0 Å². The monoisotopic (exact) mass is 204 g/mol. The molecule has 0 nitrogen and oxygen atoms in total. The first kappa shape index (κ1) is 12.8. The van der Waals surface area contributed by atoms with Crippen LogP contribution in [0.1, 0.15) is 27.7 Å². The molecule has 0 aromatic carbocycles. The maximum absolute atomic E-state index is 12.2. The van der Waals surface area contributed by atoms with Crippen LogP contribution in [0.5, 0.6) is 0 Å². The van der Waals surface area contributed by atoms with E-state index in [1.54, 1.807) is 0 Å². The zero-order valence-corrected chi connectivity index (χ0v) is 10.0. The van der Waals surface area contributed by atoms with Gasteiger partial charge in [0, 0.05) is 5.92 Å². The Bertz CT molecular complexity index is 178.